The zero-order valence-corrected chi connectivity index (χ0v) is 20.5. The van der Waals surface area contributed by atoms with E-state index in [1.54, 1.807) is 30.3 Å². The molecule has 2 aromatic carbocycles. The van der Waals surface area contributed by atoms with Gasteiger partial charge in [0.1, 0.15) is 24.3 Å². The van der Waals surface area contributed by atoms with Crippen LogP contribution in [0.15, 0.2) is 66.9 Å². The summed E-state index contributed by atoms with van der Waals surface area (Å²) in [6, 6.07) is 19.0. The number of hydrogen-bond donors (Lipinski definition) is 1. The number of ether oxygens (including phenoxy) is 2. The average molecular weight is 492 g/mol. The van der Waals surface area contributed by atoms with E-state index >= 15 is 0 Å². The van der Waals surface area contributed by atoms with Crippen molar-refractivity contribution < 1.29 is 14.3 Å². The topological polar surface area (TPSA) is 89.5 Å². The summed E-state index contributed by atoms with van der Waals surface area (Å²) >= 11 is 6.48. The Balaban J connectivity index is 1.53. The summed E-state index contributed by atoms with van der Waals surface area (Å²) in [7, 11) is 1.73. The molecule has 9 heteroatoms. The van der Waals surface area contributed by atoms with Crippen molar-refractivity contribution in [3.63, 3.8) is 0 Å². The number of nitrogens with zero attached hydrogens (tertiary/aromatic N) is 4. The zero-order chi connectivity index (χ0) is 24.8. The Kier molecular flexibility index (Phi) is 7.62. The molecule has 0 bridgehead atoms. The summed E-state index contributed by atoms with van der Waals surface area (Å²) in [5.74, 6) is 1.10. The number of anilines is 2. The second-order valence-corrected chi connectivity index (χ2v) is 8.49. The first kappa shape index (κ1) is 24.2. The van der Waals surface area contributed by atoms with Gasteiger partial charge in [0.2, 0.25) is 5.91 Å². The standard InChI is InChI=1S/C26H26ClN5O3/c1-17(15-32(3)18(2)33)35-26-30-23-10-5-4-9-21(23)25(31-26)29-19-11-12-24(22(27)14-19)34-16-20-8-6-7-13-28-20/h4-14,17H,15-16H2,1-3H3,(H,29,30,31)/t17-/m0/s1. The fraction of sp³-hybridized carbons (Fsp3) is 0.231. The van der Waals surface area contributed by atoms with E-state index in [0.717, 1.165) is 22.3 Å². The number of rotatable bonds is 9. The molecule has 180 valence electrons. The fourth-order valence-corrected chi connectivity index (χ4v) is 3.64. The van der Waals surface area contributed by atoms with E-state index in [-0.39, 0.29) is 18.0 Å². The van der Waals surface area contributed by atoms with Crippen molar-refractivity contribution in [2.75, 3.05) is 18.9 Å². The Morgan fingerprint density at radius 3 is 2.66 bits per heavy atom. The number of para-hydroxylation sites is 1. The number of carbonyl (C=O) groups is 1. The molecule has 0 saturated carbocycles. The summed E-state index contributed by atoms with van der Waals surface area (Å²) in [6.45, 7) is 4.13. The number of carbonyl (C=O) groups excluding carboxylic acids is 1. The Hall–Kier alpha value is -3.91. The van der Waals surface area contributed by atoms with Gasteiger partial charge in [-0.3, -0.25) is 9.78 Å². The van der Waals surface area contributed by atoms with Gasteiger partial charge in [0.15, 0.2) is 0 Å². The largest absolute Gasteiger partial charge is 0.486 e. The minimum Gasteiger partial charge on any atom is -0.486 e. The van der Waals surface area contributed by atoms with Crippen LogP contribution in [0, 0.1) is 0 Å². The monoisotopic (exact) mass is 491 g/mol. The lowest BCUT2D eigenvalue weighted by molar-refractivity contribution is -0.128. The van der Waals surface area contributed by atoms with Gasteiger partial charge in [-0.25, -0.2) is 0 Å². The third-order valence-corrected chi connectivity index (χ3v) is 5.55. The third-order valence-electron chi connectivity index (χ3n) is 5.25. The molecule has 0 aliphatic heterocycles. The Bertz CT molecular complexity index is 1320. The van der Waals surface area contributed by atoms with Gasteiger partial charge in [-0.2, -0.15) is 9.97 Å². The smallest absolute Gasteiger partial charge is 0.319 e. The second-order valence-electron chi connectivity index (χ2n) is 8.08. The SMILES string of the molecule is CC(=O)N(C)C[C@H](C)Oc1nc(Nc2ccc(OCc3ccccn3)c(Cl)c2)c2ccccc2n1. The van der Waals surface area contributed by atoms with E-state index in [2.05, 4.69) is 20.3 Å². The normalized spacial score (nSPS) is 11.7. The number of hydrogen-bond acceptors (Lipinski definition) is 7. The first-order valence-corrected chi connectivity index (χ1v) is 11.5. The minimum absolute atomic E-state index is 0.0356. The van der Waals surface area contributed by atoms with Gasteiger partial charge < -0.3 is 19.7 Å². The lowest BCUT2D eigenvalue weighted by Gasteiger charge is -2.21. The van der Waals surface area contributed by atoms with Crippen LogP contribution in [0.3, 0.4) is 0 Å². The van der Waals surface area contributed by atoms with Gasteiger partial charge in [0, 0.05) is 31.2 Å². The van der Waals surface area contributed by atoms with Gasteiger partial charge in [0.25, 0.3) is 0 Å². The molecule has 4 rings (SSSR count). The summed E-state index contributed by atoms with van der Waals surface area (Å²) < 4.78 is 11.7. The molecule has 2 aromatic heterocycles. The molecule has 0 unspecified atom stereocenters. The molecule has 35 heavy (non-hydrogen) atoms. The van der Waals surface area contributed by atoms with Crippen molar-refractivity contribution >= 4 is 39.9 Å². The average Bonchev–Trinajstić information content (AvgIpc) is 2.84. The number of pyridine rings is 1. The molecule has 0 radical (unpaired) electrons. The Morgan fingerprint density at radius 2 is 1.91 bits per heavy atom. The van der Waals surface area contributed by atoms with E-state index < -0.39 is 0 Å². The first-order valence-electron chi connectivity index (χ1n) is 11.1. The maximum Gasteiger partial charge on any atom is 0.319 e. The number of halogens is 1. The Labute approximate surface area is 208 Å². The lowest BCUT2D eigenvalue weighted by Crippen LogP contribution is -2.34. The quantitative estimate of drug-likeness (QED) is 0.342. The Morgan fingerprint density at radius 1 is 1.11 bits per heavy atom. The molecule has 0 aliphatic rings. The van der Waals surface area contributed by atoms with Crippen LogP contribution in [-0.2, 0) is 11.4 Å². The molecule has 0 fully saturated rings. The number of benzene rings is 2. The highest BCUT2D eigenvalue weighted by molar-refractivity contribution is 6.32. The van der Waals surface area contributed by atoms with Gasteiger partial charge >= 0.3 is 6.01 Å². The minimum atomic E-state index is -0.289. The van der Waals surface area contributed by atoms with Crippen LogP contribution < -0.4 is 14.8 Å². The zero-order valence-electron chi connectivity index (χ0n) is 19.7. The molecule has 1 atom stereocenters. The van der Waals surface area contributed by atoms with E-state index in [1.807, 2.05) is 55.5 Å². The number of aromatic nitrogens is 3. The number of nitrogens with one attached hydrogen (secondary N) is 1. The van der Waals surface area contributed by atoms with Crippen molar-refractivity contribution in [1.29, 1.82) is 0 Å². The van der Waals surface area contributed by atoms with Gasteiger partial charge in [-0.05, 0) is 49.4 Å². The van der Waals surface area contributed by atoms with Crippen molar-refractivity contribution in [2.24, 2.45) is 0 Å². The fourth-order valence-electron chi connectivity index (χ4n) is 3.40. The molecule has 4 aromatic rings. The first-order chi connectivity index (χ1) is 16.9. The molecule has 0 aliphatic carbocycles. The van der Waals surface area contributed by atoms with Gasteiger partial charge in [-0.1, -0.05) is 29.8 Å². The second kappa shape index (κ2) is 11.0. The predicted molar refractivity (Wildman–Crippen MR) is 136 cm³/mol. The van der Waals surface area contributed by atoms with Gasteiger partial charge in [0.05, 0.1) is 22.8 Å². The predicted octanol–water partition coefficient (Wildman–Crippen LogP) is 5.25. The highest BCUT2D eigenvalue weighted by atomic mass is 35.5. The summed E-state index contributed by atoms with van der Waals surface area (Å²) in [4.78, 5) is 26.5. The van der Waals surface area contributed by atoms with E-state index in [1.165, 1.54) is 6.92 Å². The maximum absolute atomic E-state index is 11.5. The number of likely N-dealkylation sites (N-methyl/N-ethyl adjacent to an activating group) is 1. The molecule has 0 saturated heterocycles. The molecule has 1 N–H and O–H groups in total. The van der Waals surface area contributed by atoms with Crippen LogP contribution in [0.4, 0.5) is 11.5 Å². The highest BCUT2D eigenvalue weighted by Gasteiger charge is 2.15. The van der Waals surface area contributed by atoms with Crippen LogP contribution in [0.2, 0.25) is 5.02 Å². The van der Waals surface area contributed by atoms with Crippen molar-refractivity contribution in [3.8, 4) is 11.8 Å². The number of amides is 1. The van der Waals surface area contributed by atoms with Gasteiger partial charge in [-0.15, -0.1) is 0 Å². The number of fused-ring (bicyclic) bond motifs is 1. The molecule has 8 nitrogen and oxygen atoms in total. The molecule has 1 amide bonds. The van der Waals surface area contributed by atoms with Crippen LogP contribution in [0.1, 0.15) is 19.5 Å². The lowest BCUT2D eigenvalue weighted by atomic mass is 10.2. The van der Waals surface area contributed by atoms with Crippen LogP contribution in [-0.4, -0.2) is 45.5 Å². The van der Waals surface area contributed by atoms with Crippen molar-refractivity contribution in [2.45, 2.75) is 26.6 Å². The summed E-state index contributed by atoms with van der Waals surface area (Å²) in [5.41, 5.74) is 2.28. The van der Waals surface area contributed by atoms with Crippen LogP contribution >= 0.6 is 11.6 Å². The summed E-state index contributed by atoms with van der Waals surface area (Å²) in [6.07, 6.45) is 1.43. The maximum atomic E-state index is 11.5. The molecular weight excluding hydrogens is 466 g/mol. The van der Waals surface area contributed by atoms with E-state index in [4.69, 9.17) is 21.1 Å². The third kappa shape index (κ3) is 6.36. The molecule has 2 heterocycles. The highest BCUT2D eigenvalue weighted by Crippen LogP contribution is 2.31. The van der Waals surface area contributed by atoms with E-state index in [9.17, 15) is 4.79 Å². The van der Waals surface area contributed by atoms with Crippen molar-refractivity contribution in [3.05, 3.63) is 77.6 Å². The summed E-state index contributed by atoms with van der Waals surface area (Å²) in [5, 5.41) is 4.61. The molecule has 0 spiro atoms. The van der Waals surface area contributed by atoms with Crippen LogP contribution in [0.25, 0.3) is 10.9 Å². The van der Waals surface area contributed by atoms with Crippen LogP contribution in [0.5, 0.6) is 11.8 Å². The van der Waals surface area contributed by atoms with Crippen molar-refractivity contribution in [1.82, 2.24) is 19.9 Å². The van der Waals surface area contributed by atoms with E-state index in [0.29, 0.717) is 29.7 Å². The molecular formula is C26H26ClN5O3.